The first kappa shape index (κ1) is 12.4. The minimum atomic E-state index is -0.297. The molecule has 1 atom stereocenters. The molecule has 1 saturated heterocycles. The van der Waals surface area contributed by atoms with Crippen LogP contribution >= 0.6 is 11.3 Å². The number of rotatable bonds is 3. The van der Waals surface area contributed by atoms with E-state index in [0.717, 1.165) is 11.7 Å². The zero-order valence-corrected chi connectivity index (χ0v) is 11.3. The van der Waals surface area contributed by atoms with E-state index >= 15 is 0 Å². The second kappa shape index (κ2) is 5.04. The number of ether oxygens (including phenoxy) is 1. The average molecular weight is 254 g/mol. The first-order valence-electron chi connectivity index (χ1n) is 5.94. The molecular weight excluding hydrogens is 236 g/mol. The molecule has 0 radical (unpaired) electrons. The summed E-state index contributed by atoms with van der Waals surface area (Å²) in [6.45, 7) is 5.51. The molecule has 1 aliphatic rings. The van der Waals surface area contributed by atoms with E-state index < -0.39 is 0 Å². The van der Waals surface area contributed by atoms with Crippen molar-refractivity contribution in [3.63, 3.8) is 0 Å². The predicted octanol–water partition coefficient (Wildman–Crippen LogP) is 2.55. The lowest BCUT2D eigenvalue weighted by Gasteiger charge is -2.26. The maximum absolute atomic E-state index is 11.4. The van der Waals surface area contributed by atoms with Crippen molar-refractivity contribution in [3.8, 4) is 0 Å². The van der Waals surface area contributed by atoms with E-state index in [9.17, 15) is 4.79 Å². The number of esters is 1. The van der Waals surface area contributed by atoms with Crippen LogP contribution in [0.2, 0.25) is 0 Å². The zero-order valence-electron chi connectivity index (χ0n) is 10.5. The number of anilines is 1. The van der Waals surface area contributed by atoms with Crippen molar-refractivity contribution in [2.45, 2.75) is 32.7 Å². The SMILES string of the molecule is COC(=O)c1cnc(N2CCCC2C(C)C)s1. The summed E-state index contributed by atoms with van der Waals surface area (Å²) < 4.78 is 4.70. The van der Waals surface area contributed by atoms with Crippen molar-refractivity contribution in [2.75, 3.05) is 18.6 Å². The van der Waals surface area contributed by atoms with Gasteiger partial charge in [-0.3, -0.25) is 0 Å². The molecule has 94 valence electrons. The molecular formula is C12H18N2O2S. The van der Waals surface area contributed by atoms with E-state index in [0.29, 0.717) is 16.8 Å². The smallest absolute Gasteiger partial charge is 0.349 e. The minimum absolute atomic E-state index is 0.297. The fraction of sp³-hybridized carbons (Fsp3) is 0.667. The summed E-state index contributed by atoms with van der Waals surface area (Å²) in [6.07, 6.45) is 4.03. The molecule has 17 heavy (non-hydrogen) atoms. The molecule has 1 unspecified atom stereocenters. The van der Waals surface area contributed by atoms with Gasteiger partial charge in [-0.15, -0.1) is 0 Å². The third-order valence-electron chi connectivity index (χ3n) is 3.19. The molecule has 0 spiro atoms. The Bertz CT molecular complexity index is 403. The molecule has 0 aliphatic carbocycles. The number of aromatic nitrogens is 1. The maximum Gasteiger partial charge on any atom is 0.349 e. The van der Waals surface area contributed by atoms with Crippen molar-refractivity contribution < 1.29 is 9.53 Å². The maximum atomic E-state index is 11.4. The Kier molecular flexibility index (Phi) is 3.66. The Morgan fingerprint density at radius 1 is 1.65 bits per heavy atom. The number of hydrogen-bond donors (Lipinski definition) is 0. The largest absolute Gasteiger partial charge is 0.465 e. The van der Waals surface area contributed by atoms with Crippen molar-refractivity contribution in [3.05, 3.63) is 11.1 Å². The van der Waals surface area contributed by atoms with Gasteiger partial charge < -0.3 is 9.64 Å². The molecule has 2 rings (SSSR count). The van der Waals surface area contributed by atoms with Crippen LogP contribution in [0.5, 0.6) is 0 Å². The van der Waals surface area contributed by atoms with Crippen molar-refractivity contribution >= 4 is 22.4 Å². The molecule has 5 heteroatoms. The van der Waals surface area contributed by atoms with Gasteiger partial charge in [-0.2, -0.15) is 0 Å². The third kappa shape index (κ3) is 2.44. The summed E-state index contributed by atoms with van der Waals surface area (Å²) in [4.78, 5) is 18.6. The lowest BCUT2D eigenvalue weighted by molar-refractivity contribution is 0.0606. The van der Waals surface area contributed by atoms with Gasteiger partial charge in [0.1, 0.15) is 4.88 Å². The van der Waals surface area contributed by atoms with Crippen LogP contribution in [-0.4, -0.2) is 30.6 Å². The molecule has 4 nitrogen and oxygen atoms in total. The molecule has 0 saturated carbocycles. The van der Waals surface area contributed by atoms with Crippen LogP contribution < -0.4 is 4.90 Å². The van der Waals surface area contributed by atoms with E-state index in [4.69, 9.17) is 4.74 Å². The highest BCUT2D eigenvalue weighted by molar-refractivity contribution is 7.17. The normalized spacial score (nSPS) is 20.0. The summed E-state index contributed by atoms with van der Waals surface area (Å²) in [7, 11) is 1.40. The monoisotopic (exact) mass is 254 g/mol. The molecule has 1 aliphatic heterocycles. The molecule has 1 fully saturated rings. The van der Waals surface area contributed by atoms with Gasteiger partial charge in [0.15, 0.2) is 5.13 Å². The molecule has 0 amide bonds. The van der Waals surface area contributed by atoms with Crippen molar-refractivity contribution in [1.29, 1.82) is 0 Å². The number of carbonyl (C=O) groups excluding carboxylic acids is 1. The second-order valence-corrected chi connectivity index (χ2v) is 5.65. The lowest BCUT2D eigenvalue weighted by atomic mass is 10.0. The third-order valence-corrected chi connectivity index (χ3v) is 4.21. The van der Waals surface area contributed by atoms with Crippen LogP contribution in [0.25, 0.3) is 0 Å². The summed E-state index contributed by atoms with van der Waals surface area (Å²) in [6, 6.07) is 0.548. The van der Waals surface area contributed by atoms with E-state index in [1.165, 1.54) is 31.3 Å². The Balaban J connectivity index is 2.17. The number of methoxy groups -OCH3 is 1. The van der Waals surface area contributed by atoms with Gasteiger partial charge in [0.25, 0.3) is 0 Å². The van der Waals surface area contributed by atoms with Crippen LogP contribution in [-0.2, 0) is 4.74 Å². The standard InChI is InChI=1S/C12H18N2O2S/c1-8(2)9-5-4-6-14(9)12-13-7-10(17-12)11(15)16-3/h7-9H,4-6H2,1-3H3. The van der Waals surface area contributed by atoms with Gasteiger partial charge in [-0.1, -0.05) is 25.2 Å². The van der Waals surface area contributed by atoms with Gasteiger partial charge in [0.05, 0.1) is 13.3 Å². The zero-order chi connectivity index (χ0) is 12.4. The number of thiazole rings is 1. The summed E-state index contributed by atoms with van der Waals surface area (Å²) in [5, 5.41) is 0.946. The summed E-state index contributed by atoms with van der Waals surface area (Å²) >= 11 is 1.42. The fourth-order valence-corrected chi connectivity index (χ4v) is 3.23. The van der Waals surface area contributed by atoms with Crippen LogP contribution in [0.1, 0.15) is 36.4 Å². The lowest BCUT2D eigenvalue weighted by Crippen LogP contribution is -2.33. The molecule has 2 heterocycles. The average Bonchev–Trinajstić information content (AvgIpc) is 2.95. The highest BCUT2D eigenvalue weighted by Crippen LogP contribution is 2.32. The number of hydrogen-bond acceptors (Lipinski definition) is 5. The fourth-order valence-electron chi connectivity index (χ4n) is 2.32. The van der Waals surface area contributed by atoms with Crippen molar-refractivity contribution in [2.24, 2.45) is 5.92 Å². The first-order valence-corrected chi connectivity index (χ1v) is 6.76. The highest BCUT2D eigenvalue weighted by atomic mass is 32.1. The number of nitrogens with zero attached hydrogens (tertiary/aromatic N) is 2. The predicted molar refractivity (Wildman–Crippen MR) is 68.7 cm³/mol. The van der Waals surface area contributed by atoms with E-state index in [1.807, 2.05) is 0 Å². The topological polar surface area (TPSA) is 42.4 Å². The van der Waals surface area contributed by atoms with Crippen LogP contribution in [0, 0.1) is 5.92 Å². The van der Waals surface area contributed by atoms with Gasteiger partial charge in [0, 0.05) is 12.6 Å². The van der Waals surface area contributed by atoms with Gasteiger partial charge >= 0.3 is 5.97 Å². The molecule has 0 N–H and O–H groups in total. The Labute approximate surface area is 106 Å². The van der Waals surface area contributed by atoms with E-state index in [-0.39, 0.29) is 5.97 Å². The first-order chi connectivity index (χ1) is 8.13. The molecule has 1 aromatic heterocycles. The molecule has 1 aromatic rings. The van der Waals surface area contributed by atoms with Crippen LogP contribution in [0.3, 0.4) is 0 Å². The second-order valence-electron chi connectivity index (χ2n) is 4.65. The van der Waals surface area contributed by atoms with Gasteiger partial charge in [0.2, 0.25) is 0 Å². The summed E-state index contributed by atoms with van der Waals surface area (Å²) in [5.41, 5.74) is 0. The number of carbonyl (C=O) groups is 1. The van der Waals surface area contributed by atoms with Crippen molar-refractivity contribution in [1.82, 2.24) is 4.98 Å². The Morgan fingerprint density at radius 2 is 2.41 bits per heavy atom. The van der Waals surface area contributed by atoms with E-state index in [2.05, 4.69) is 23.7 Å². The van der Waals surface area contributed by atoms with Crippen LogP contribution in [0.4, 0.5) is 5.13 Å². The molecule has 0 aromatic carbocycles. The van der Waals surface area contributed by atoms with E-state index in [1.54, 1.807) is 6.20 Å². The Hall–Kier alpha value is -1.10. The Morgan fingerprint density at radius 3 is 3.06 bits per heavy atom. The quantitative estimate of drug-likeness (QED) is 0.777. The van der Waals surface area contributed by atoms with Gasteiger partial charge in [-0.05, 0) is 18.8 Å². The molecule has 0 bridgehead atoms. The minimum Gasteiger partial charge on any atom is -0.465 e. The highest BCUT2D eigenvalue weighted by Gasteiger charge is 2.29. The van der Waals surface area contributed by atoms with Crippen LogP contribution in [0.15, 0.2) is 6.20 Å². The summed E-state index contributed by atoms with van der Waals surface area (Å²) in [5.74, 6) is 0.317. The van der Waals surface area contributed by atoms with Gasteiger partial charge in [-0.25, -0.2) is 9.78 Å².